The highest BCUT2D eigenvalue weighted by molar-refractivity contribution is 6.00. The molecule has 0 radical (unpaired) electrons. The zero-order valence-corrected chi connectivity index (χ0v) is 16.6. The molecular weight excluding hydrogens is 348 g/mol. The van der Waals surface area contributed by atoms with Crippen LogP contribution in [0.2, 0.25) is 0 Å². The van der Waals surface area contributed by atoms with Crippen LogP contribution in [0.4, 0.5) is 0 Å². The monoisotopic (exact) mass is 374 g/mol. The molecule has 0 aliphatic carbocycles. The molecule has 5 nitrogen and oxygen atoms in total. The van der Waals surface area contributed by atoms with Crippen LogP contribution in [0.1, 0.15) is 44.2 Å². The third-order valence-electron chi connectivity index (χ3n) is 5.67. The Bertz CT molecular complexity index is 946. The van der Waals surface area contributed by atoms with E-state index in [1.807, 2.05) is 43.3 Å². The van der Waals surface area contributed by atoms with E-state index in [1.165, 1.54) is 4.90 Å². The van der Waals surface area contributed by atoms with Crippen LogP contribution in [-0.2, 0) is 10.3 Å². The number of guanidine groups is 1. The zero-order valence-electron chi connectivity index (χ0n) is 16.6. The van der Waals surface area contributed by atoms with Crippen molar-refractivity contribution in [1.29, 1.82) is 10.7 Å². The van der Waals surface area contributed by atoms with Gasteiger partial charge in [0.05, 0.1) is 23.1 Å². The number of carbonyl (C=O) groups excluding carboxylic acids is 1. The maximum atomic E-state index is 13.0. The topological polar surface area (TPSA) is 80.0 Å². The molecule has 0 spiro atoms. The highest BCUT2D eigenvalue weighted by Crippen LogP contribution is 2.38. The molecule has 5 heteroatoms. The van der Waals surface area contributed by atoms with E-state index >= 15 is 0 Å². The van der Waals surface area contributed by atoms with Crippen LogP contribution in [0.15, 0.2) is 48.5 Å². The van der Waals surface area contributed by atoms with Gasteiger partial charge >= 0.3 is 0 Å². The van der Waals surface area contributed by atoms with E-state index in [4.69, 9.17) is 5.41 Å². The fourth-order valence-corrected chi connectivity index (χ4v) is 3.89. The van der Waals surface area contributed by atoms with Gasteiger partial charge in [-0.15, -0.1) is 0 Å². The summed E-state index contributed by atoms with van der Waals surface area (Å²) in [6.07, 6.45) is 2.74. The van der Waals surface area contributed by atoms with Gasteiger partial charge < -0.3 is 5.32 Å². The van der Waals surface area contributed by atoms with Crippen molar-refractivity contribution in [1.82, 2.24) is 10.2 Å². The summed E-state index contributed by atoms with van der Waals surface area (Å²) >= 11 is 0. The third-order valence-corrected chi connectivity index (χ3v) is 5.67. The number of rotatable bonds is 5. The Labute approximate surface area is 166 Å². The molecule has 1 heterocycles. The van der Waals surface area contributed by atoms with Crippen molar-refractivity contribution in [2.24, 2.45) is 5.92 Å². The molecule has 0 saturated carbocycles. The van der Waals surface area contributed by atoms with Gasteiger partial charge in [-0.2, -0.15) is 5.26 Å². The number of hydrogen-bond acceptors (Lipinski definition) is 3. The third kappa shape index (κ3) is 3.50. The van der Waals surface area contributed by atoms with Gasteiger partial charge in [-0.25, -0.2) is 0 Å². The number of unbranched alkanes of at least 4 members (excludes halogenated alkanes) is 1. The molecule has 1 aliphatic rings. The first-order valence-corrected chi connectivity index (χ1v) is 9.66. The number of benzene rings is 2. The summed E-state index contributed by atoms with van der Waals surface area (Å²) in [5.41, 5.74) is 2.89. The number of hydrogen-bond donors (Lipinski definition) is 2. The predicted octanol–water partition coefficient (Wildman–Crippen LogP) is 4.24. The van der Waals surface area contributed by atoms with E-state index in [0.29, 0.717) is 5.56 Å². The van der Waals surface area contributed by atoms with Crippen LogP contribution >= 0.6 is 0 Å². The number of nitriles is 1. The lowest BCUT2D eigenvalue weighted by Crippen LogP contribution is -2.63. The molecule has 0 bridgehead atoms. The second-order valence-corrected chi connectivity index (χ2v) is 7.54. The van der Waals surface area contributed by atoms with E-state index in [2.05, 4.69) is 24.4 Å². The molecular formula is C23H26N4O. The Morgan fingerprint density at radius 2 is 1.89 bits per heavy atom. The van der Waals surface area contributed by atoms with Crippen LogP contribution in [0.3, 0.4) is 0 Å². The van der Waals surface area contributed by atoms with E-state index < -0.39 is 5.54 Å². The summed E-state index contributed by atoms with van der Waals surface area (Å²) in [6, 6.07) is 17.7. The number of nitrogens with zero attached hydrogens (tertiary/aromatic N) is 2. The largest absolute Gasteiger partial charge is 0.346 e. The molecule has 2 aromatic carbocycles. The van der Waals surface area contributed by atoms with Gasteiger partial charge in [-0.3, -0.25) is 15.1 Å². The normalized spacial score (nSPS) is 21.9. The maximum absolute atomic E-state index is 13.0. The minimum absolute atomic E-state index is 0.0171. The Hall–Kier alpha value is -3.13. The maximum Gasteiger partial charge on any atom is 0.234 e. The molecule has 2 atom stereocenters. The minimum atomic E-state index is -0.654. The van der Waals surface area contributed by atoms with E-state index in [0.717, 1.165) is 36.0 Å². The van der Waals surface area contributed by atoms with E-state index in [1.54, 1.807) is 13.1 Å². The minimum Gasteiger partial charge on any atom is -0.346 e. The van der Waals surface area contributed by atoms with Crippen LogP contribution in [0.5, 0.6) is 0 Å². The smallest absolute Gasteiger partial charge is 0.234 e. The van der Waals surface area contributed by atoms with Gasteiger partial charge in [0.15, 0.2) is 5.96 Å². The first kappa shape index (κ1) is 19.6. The zero-order chi connectivity index (χ0) is 20.3. The Morgan fingerprint density at radius 1 is 1.21 bits per heavy atom. The Balaban J connectivity index is 2.05. The summed E-state index contributed by atoms with van der Waals surface area (Å²) in [4.78, 5) is 14.4. The molecule has 2 aromatic rings. The highest BCUT2D eigenvalue weighted by Gasteiger charge is 2.46. The van der Waals surface area contributed by atoms with E-state index in [9.17, 15) is 10.1 Å². The van der Waals surface area contributed by atoms with Crippen molar-refractivity contribution < 1.29 is 4.79 Å². The summed E-state index contributed by atoms with van der Waals surface area (Å²) in [5, 5.41) is 20.7. The lowest BCUT2D eigenvalue weighted by atomic mass is 9.74. The lowest BCUT2D eigenvalue weighted by Gasteiger charge is -2.46. The van der Waals surface area contributed by atoms with Gasteiger partial charge in [-0.1, -0.05) is 50.1 Å². The first-order chi connectivity index (χ1) is 13.4. The fourth-order valence-electron chi connectivity index (χ4n) is 3.89. The van der Waals surface area contributed by atoms with Gasteiger partial charge in [0.25, 0.3) is 0 Å². The molecule has 2 N–H and O–H groups in total. The molecule has 1 aliphatic heterocycles. The van der Waals surface area contributed by atoms with Crippen molar-refractivity contribution in [2.45, 2.75) is 38.6 Å². The van der Waals surface area contributed by atoms with Crippen LogP contribution in [-0.4, -0.2) is 23.8 Å². The molecule has 28 heavy (non-hydrogen) atoms. The number of amides is 1. The molecule has 0 unspecified atom stereocenters. The quantitative estimate of drug-likeness (QED) is 0.821. The molecule has 0 aromatic heterocycles. The van der Waals surface area contributed by atoms with Gasteiger partial charge in [0.1, 0.15) is 0 Å². The second kappa shape index (κ2) is 7.85. The van der Waals surface area contributed by atoms with Crippen molar-refractivity contribution in [3.05, 3.63) is 59.7 Å². The van der Waals surface area contributed by atoms with Gasteiger partial charge in [0.2, 0.25) is 5.91 Å². The first-order valence-electron chi connectivity index (χ1n) is 9.66. The molecule has 1 fully saturated rings. The SMILES string of the molecule is CCCC[C@@H]1C(=O)N(C)C(=N)N[C@]1(C)c1cccc(-c2cccc(C#N)c2)c1. The molecule has 3 rings (SSSR count). The Kier molecular flexibility index (Phi) is 5.51. The van der Waals surface area contributed by atoms with E-state index in [-0.39, 0.29) is 17.8 Å². The number of nitrogens with one attached hydrogen (secondary N) is 2. The average molecular weight is 374 g/mol. The van der Waals surface area contributed by atoms with Crippen molar-refractivity contribution in [3.63, 3.8) is 0 Å². The van der Waals surface area contributed by atoms with Crippen molar-refractivity contribution in [3.8, 4) is 17.2 Å². The van der Waals surface area contributed by atoms with Crippen molar-refractivity contribution in [2.75, 3.05) is 7.05 Å². The molecule has 144 valence electrons. The second-order valence-electron chi connectivity index (χ2n) is 7.54. The standard InChI is InChI=1S/C23H26N4O/c1-4-5-12-20-21(28)27(3)22(25)26-23(20,2)19-11-7-10-18(14-19)17-9-6-8-16(13-17)15-24/h6-11,13-14,20H,4-5,12H2,1-3H3,(H2,25,26)/t20-,23-/m1/s1. The summed E-state index contributed by atoms with van der Waals surface area (Å²) in [7, 11) is 1.65. The molecule has 1 saturated heterocycles. The van der Waals surface area contributed by atoms with Gasteiger partial charge in [-0.05, 0) is 48.2 Å². The number of carbonyl (C=O) groups is 1. The van der Waals surface area contributed by atoms with Crippen LogP contribution < -0.4 is 5.32 Å². The van der Waals surface area contributed by atoms with Crippen LogP contribution in [0.25, 0.3) is 11.1 Å². The summed E-state index contributed by atoms with van der Waals surface area (Å²) in [6.45, 7) is 4.13. The summed E-state index contributed by atoms with van der Waals surface area (Å²) < 4.78 is 0. The predicted molar refractivity (Wildman–Crippen MR) is 111 cm³/mol. The van der Waals surface area contributed by atoms with Gasteiger partial charge in [0, 0.05) is 7.05 Å². The fraction of sp³-hybridized carbons (Fsp3) is 0.348. The van der Waals surface area contributed by atoms with Crippen molar-refractivity contribution >= 4 is 11.9 Å². The lowest BCUT2D eigenvalue weighted by molar-refractivity contribution is -0.135. The molecule has 1 amide bonds. The van der Waals surface area contributed by atoms with Crippen LogP contribution in [0, 0.1) is 22.7 Å². The Morgan fingerprint density at radius 3 is 2.57 bits per heavy atom. The average Bonchev–Trinajstić information content (AvgIpc) is 2.72. The summed E-state index contributed by atoms with van der Waals surface area (Å²) in [5.74, 6) is -0.138. The highest BCUT2D eigenvalue weighted by atomic mass is 16.2.